The minimum absolute atomic E-state index is 0. The van der Waals surface area contributed by atoms with Crippen LogP contribution >= 0.6 is 0 Å². The second-order valence-electron chi connectivity index (χ2n) is 5.79. The normalized spacial score (nSPS) is 27.0. The van der Waals surface area contributed by atoms with Gasteiger partial charge in [-0.2, -0.15) is 0 Å². The first-order chi connectivity index (χ1) is 7.08. The Morgan fingerprint density at radius 3 is 0.615 bits per heavy atom. The van der Waals surface area contributed by atoms with Crippen molar-refractivity contribution in [2.75, 3.05) is 0 Å². The van der Waals surface area contributed by atoms with Crippen molar-refractivity contribution in [3.63, 3.8) is 0 Å². The zero-order valence-corrected chi connectivity index (χ0v) is 19.7. The Morgan fingerprint density at radius 2 is 0.538 bits per heavy atom. The molecule has 0 aromatic rings. The van der Waals surface area contributed by atoms with Gasteiger partial charge in [0.05, 0.1) is 0 Å². The molecule has 0 unspecified atom stereocenters. The van der Waals surface area contributed by atoms with E-state index in [2.05, 4.69) is 41.5 Å². The van der Waals surface area contributed by atoms with Crippen molar-refractivity contribution in [3.8, 4) is 0 Å². The van der Waals surface area contributed by atoms with Crippen molar-refractivity contribution in [1.82, 2.24) is 0 Å². The molecule has 0 amide bonds. The summed E-state index contributed by atoms with van der Waals surface area (Å²) in [7, 11) is 0. The van der Waals surface area contributed by atoms with Gasteiger partial charge in [-0.3, -0.25) is 0 Å². The predicted octanol–water partition coefficient (Wildman–Crippen LogP) is 7.61. The van der Waals surface area contributed by atoms with E-state index in [4.69, 9.17) is 0 Å². The summed E-state index contributed by atoms with van der Waals surface area (Å²) in [6, 6.07) is 0. The summed E-state index contributed by atoms with van der Waals surface area (Å²) in [5.41, 5.74) is 0. The average molecular weight is 406 g/mol. The molecule has 1 aliphatic rings. The Hall–Kier alpha value is 1.64. The van der Waals surface area contributed by atoms with E-state index in [0.29, 0.717) is 0 Å². The third kappa shape index (κ3) is 15.5. The van der Waals surface area contributed by atoms with Crippen LogP contribution in [0.25, 0.3) is 0 Å². The maximum absolute atomic E-state index is 2.50. The molecule has 0 nitrogen and oxygen atoms in total. The predicted molar refractivity (Wildman–Crippen MR) is 135 cm³/mol. The SMILES string of the molecule is C.C.C.C.C.C.CCC1C(C)C(CC)C(C)C(CC)C1C.[CH3-].[CH3-].[CH3-].[CH3-].[K+]. The van der Waals surface area contributed by atoms with Crippen LogP contribution in [0.3, 0.4) is 0 Å². The molecular formula is C25H66K-3. The first-order valence-electron chi connectivity index (χ1n) is 7.08. The molecule has 0 spiro atoms. The van der Waals surface area contributed by atoms with Crippen LogP contribution in [-0.2, 0) is 0 Å². The molecule has 0 radical (unpaired) electrons. The van der Waals surface area contributed by atoms with Crippen LogP contribution in [0.5, 0.6) is 0 Å². The first-order valence-corrected chi connectivity index (χ1v) is 7.08. The summed E-state index contributed by atoms with van der Waals surface area (Å²) in [5.74, 6) is 5.72. The van der Waals surface area contributed by atoms with E-state index in [9.17, 15) is 0 Å². The molecule has 0 aromatic carbocycles. The van der Waals surface area contributed by atoms with Crippen LogP contribution in [0.2, 0.25) is 0 Å². The van der Waals surface area contributed by atoms with E-state index in [1.54, 1.807) is 0 Å². The minimum Gasteiger partial charge on any atom is -0.358 e. The van der Waals surface area contributed by atoms with Crippen LogP contribution in [0.4, 0.5) is 0 Å². The van der Waals surface area contributed by atoms with Crippen LogP contribution in [-0.4, -0.2) is 0 Å². The fraction of sp³-hybridized carbons (Fsp3) is 0.840. The second-order valence-corrected chi connectivity index (χ2v) is 5.79. The van der Waals surface area contributed by atoms with Gasteiger partial charge in [-0.1, -0.05) is 105 Å². The van der Waals surface area contributed by atoms with Gasteiger partial charge in [-0.05, 0) is 35.5 Å². The topological polar surface area (TPSA) is 0 Å². The summed E-state index contributed by atoms with van der Waals surface area (Å²) in [6.45, 7) is 14.6. The van der Waals surface area contributed by atoms with Crippen molar-refractivity contribution >= 4 is 0 Å². The molecule has 1 aliphatic carbocycles. The van der Waals surface area contributed by atoms with Gasteiger partial charge >= 0.3 is 51.4 Å². The van der Waals surface area contributed by atoms with E-state index >= 15 is 0 Å². The summed E-state index contributed by atoms with van der Waals surface area (Å²) in [4.78, 5) is 0. The van der Waals surface area contributed by atoms with Gasteiger partial charge in [0, 0.05) is 0 Å². The maximum Gasteiger partial charge on any atom is 1.00 e. The molecule has 1 rings (SSSR count). The molecule has 0 N–H and O–H groups in total. The molecular weight excluding hydrogens is 339 g/mol. The first kappa shape index (κ1) is 70.8. The third-order valence-electron chi connectivity index (χ3n) is 5.47. The van der Waals surface area contributed by atoms with Gasteiger partial charge in [-0.15, -0.1) is 0 Å². The third-order valence-corrected chi connectivity index (χ3v) is 5.47. The summed E-state index contributed by atoms with van der Waals surface area (Å²) in [6.07, 6.45) is 4.13. The number of rotatable bonds is 3. The molecule has 0 heterocycles. The van der Waals surface area contributed by atoms with E-state index in [1.807, 2.05) is 0 Å². The van der Waals surface area contributed by atoms with Crippen LogP contribution < -0.4 is 51.4 Å². The van der Waals surface area contributed by atoms with E-state index in [-0.39, 0.29) is 126 Å². The van der Waals surface area contributed by atoms with Crippen LogP contribution in [0.15, 0.2) is 0 Å². The Kier molecular flexibility index (Phi) is 93.1. The zero-order chi connectivity index (χ0) is 11.6. The van der Waals surface area contributed by atoms with E-state index in [0.717, 1.165) is 35.5 Å². The largest absolute Gasteiger partial charge is 1.00 e. The van der Waals surface area contributed by atoms with E-state index < -0.39 is 0 Å². The molecule has 1 saturated carbocycles. The summed E-state index contributed by atoms with van der Waals surface area (Å²) < 4.78 is 0. The monoisotopic (exact) mass is 405 g/mol. The van der Waals surface area contributed by atoms with Gasteiger partial charge in [0.2, 0.25) is 0 Å². The van der Waals surface area contributed by atoms with Gasteiger partial charge in [-0.25, -0.2) is 0 Å². The molecule has 26 heavy (non-hydrogen) atoms. The Labute approximate surface area is 219 Å². The Bertz CT molecular complexity index is 145. The molecule has 0 aliphatic heterocycles. The smallest absolute Gasteiger partial charge is 0.358 e. The van der Waals surface area contributed by atoms with Crippen LogP contribution in [0.1, 0.15) is 105 Å². The maximum atomic E-state index is 2.50. The van der Waals surface area contributed by atoms with E-state index in [1.165, 1.54) is 19.3 Å². The van der Waals surface area contributed by atoms with Crippen molar-refractivity contribution in [2.45, 2.75) is 105 Å². The molecule has 170 valence electrons. The van der Waals surface area contributed by atoms with Gasteiger partial charge < -0.3 is 29.7 Å². The second kappa shape index (κ2) is 34.2. The van der Waals surface area contributed by atoms with Gasteiger partial charge in [0.1, 0.15) is 0 Å². The fourth-order valence-electron chi connectivity index (χ4n) is 4.62. The quantitative estimate of drug-likeness (QED) is 0.335. The minimum atomic E-state index is 0. The van der Waals surface area contributed by atoms with Gasteiger partial charge in [0.15, 0.2) is 0 Å². The van der Waals surface area contributed by atoms with Crippen molar-refractivity contribution in [2.24, 2.45) is 35.5 Å². The van der Waals surface area contributed by atoms with Crippen molar-refractivity contribution in [1.29, 1.82) is 0 Å². The summed E-state index contributed by atoms with van der Waals surface area (Å²) >= 11 is 0. The molecule has 1 fully saturated rings. The zero-order valence-electron chi connectivity index (χ0n) is 16.6. The van der Waals surface area contributed by atoms with Gasteiger partial charge in [0.25, 0.3) is 0 Å². The Balaban J connectivity index is -0.0000000227. The van der Waals surface area contributed by atoms with Crippen LogP contribution in [0, 0.1) is 65.2 Å². The average Bonchev–Trinajstić information content (AvgIpc) is 2.19. The molecule has 0 bridgehead atoms. The number of hydrogen-bond donors (Lipinski definition) is 0. The molecule has 1 heteroatoms. The van der Waals surface area contributed by atoms with Crippen molar-refractivity contribution < 1.29 is 51.4 Å². The fourth-order valence-corrected chi connectivity index (χ4v) is 4.62. The molecule has 0 saturated heterocycles. The summed E-state index contributed by atoms with van der Waals surface area (Å²) in [5, 5.41) is 0. The number of hydrogen-bond acceptors (Lipinski definition) is 0. The Morgan fingerprint density at radius 1 is 0.423 bits per heavy atom. The standard InChI is InChI=1S/C15H30.6CH4.4CH3.K/c1-7-13-10(4)14(8-2)12(6)15(9-3)11(13)5;;;;;;;;;;;/h10-15H,7-9H2,1-6H3;6*1H4;4*1H3;/q;;;;;;;4*-1;+1. The molecule has 0 aromatic heterocycles. The van der Waals surface area contributed by atoms with Crippen molar-refractivity contribution in [3.05, 3.63) is 29.7 Å². The molecule has 0 atom stereocenters.